The zero-order valence-electron chi connectivity index (χ0n) is 18.5. The van der Waals surface area contributed by atoms with E-state index in [9.17, 15) is 28.5 Å². The summed E-state index contributed by atoms with van der Waals surface area (Å²) in [6, 6.07) is 10.3. The first-order valence-corrected chi connectivity index (χ1v) is 13.0. The maximum absolute atomic E-state index is 12.9. The Kier molecular flexibility index (Phi) is 5.75. The van der Waals surface area contributed by atoms with Gasteiger partial charge in [0.2, 0.25) is 5.75 Å². The van der Waals surface area contributed by atoms with Crippen molar-refractivity contribution >= 4 is 20.8 Å². The number of rotatable bonds is 4. The van der Waals surface area contributed by atoms with Gasteiger partial charge in [0, 0.05) is 50.4 Å². The summed E-state index contributed by atoms with van der Waals surface area (Å²) in [6.07, 6.45) is 0.646. The van der Waals surface area contributed by atoms with E-state index in [2.05, 4.69) is 4.90 Å². The predicted molar refractivity (Wildman–Crippen MR) is 127 cm³/mol. The number of piperazine rings is 1. The van der Waals surface area contributed by atoms with E-state index in [0.717, 1.165) is 0 Å². The van der Waals surface area contributed by atoms with Crippen LogP contribution in [0.25, 0.3) is 22.3 Å². The summed E-state index contributed by atoms with van der Waals surface area (Å²) in [4.78, 5) is 17.1. The molecule has 0 amide bonds. The molecule has 10 heteroatoms. The zero-order chi connectivity index (χ0) is 24.0. The Morgan fingerprint density at radius 3 is 2.32 bits per heavy atom. The molecule has 0 radical (unpaired) electrons. The van der Waals surface area contributed by atoms with Crippen LogP contribution >= 0.6 is 0 Å². The quantitative estimate of drug-likeness (QED) is 0.473. The van der Waals surface area contributed by atoms with Crippen LogP contribution in [0.15, 0.2) is 45.6 Å². The average Bonchev–Trinajstić information content (AvgIpc) is 3.20. The van der Waals surface area contributed by atoms with Crippen LogP contribution in [0.5, 0.6) is 17.2 Å². The van der Waals surface area contributed by atoms with Gasteiger partial charge in [0.05, 0.1) is 17.1 Å². The zero-order valence-corrected chi connectivity index (χ0v) is 19.3. The Labute approximate surface area is 196 Å². The van der Waals surface area contributed by atoms with E-state index in [1.54, 1.807) is 24.3 Å². The second-order valence-corrected chi connectivity index (χ2v) is 11.2. The molecule has 0 spiro atoms. The van der Waals surface area contributed by atoms with Crippen LogP contribution in [0.1, 0.15) is 12.0 Å². The minimum Gasteiger partial charge on any atom is -0.504 e. The minimum absolute atomic E-state index is 0.0310. The van der Waals surface area contributed by atoms with Gasteiger partial charge in [-0.1, -0.05) is 30.3 Å². The van der Waals surface area contributed by atoms with E-state index in [4.69, 9.17) is 4.42 Å². The summed E-state index contributed by atoms with van der Waals surface area (Å²) in [5.41, 5.74) is 0.390. The van der Waals surface area contributed by atoms with Crippen LogP contribution in [-0.4, -0.2) is 77.3 Å². The number of aromatic hydroxyl groups is 3. The van der Waals surface area contributed by atoms with Crippen LogP contribution in [0.3, 0.4) is 0 Å². The van der Waals surface area contributed by atoms with Crippen molar-refractivity contribution < 1.29 is 28.2 Å². The molecule has 180 valence electrons. The Morgan fingerprint density at radius 2 is 1.68 bits per heavy atom. The average molecular weight is 487 g/mol. The van der Waals surface area contributed by atoms with Gasteiger partial charge in [0.25, 0.3) is 0 Å². The number of phenolic OH excluding ortho intramolecular Hbond substituents is 3. The number of nitrogens with zero attached hydrogens (tertiary/aromatic N) is 2. The first-order chi connectivity index (χ1) is 16.2. The Bertz CT molecular complexity index is 1390. The van der Waals surface area contributed by atoms with Crippen molar-refractivity contribution in [3.05, 3.63) is 52.2 Å². The monoisotopic (exact) mass is 486 g/mol. The standard InChI is InChI=1S/C24H26N2O7S/c27-18-12-19(15-4-2-1-3-5-15)33-24-17(21(28)23(30)22(29)20(18)24)13-25-7-9-26(10-8-25)16-6-11-34(31,32)14-16/h1-5,12,16,28-30H,6-11,13-14H2. The van der Waals surface area contributed by atoms with E-state index in [1.165, 1.54) is 6.07 Å². The summed E-state index contributed by atoms with van der Waals surface area (Å²) in [6.45, 7) is 2.75. The lowest BCUT2D eigenvalue weighted by molar-refractivity contribution is 0.0995. The number of hydrogen-bond acceptors (Lipinski definition) is 9. The smallest absolute Gasteiger partial charge is 0.201 e. The van der Waals surface area contributed by atoms with Crippen molar-refractivity contribution in [3.8, 4) is 28.6 Å². The lowest BCUT2D eigenvalue weighted by Crippen LogP contribution is -2.50. The number of hydrogen-bond donors (Lipinski definition) is 3. The first kappa shape index (κ1) is 22.7. The van der Waals surface area contributed by atoms with Gasteiger partial charge in [-0.3, -0.25) is 14.6 Å². The normalized spacial score (nSPS) is 21.2. The third-order valence-corrected chi connectivity index (χ3v) is 8.52. The van der Waals surface area contributed by atoms with Gasteiger partial charge in [-0.15, -0.1) is 0 Å². The summed E-state index contributed by atoms with van der Waals surface area (Å²) >= 11 is 0. The molecule has 9 nitrogen and oxygen atoms in total. The molecule has 5 rings (SSSR count). The number of phenols is 3. The van der Waals surface area contributed by atoms with Crippen molar-refractivity contribution in [3.63, 3.8) is 0 Å². The van der Waals surface area contributed by atoms with Crippen LogP contribution in [0.4, 0.5) is 0 Å². The molecule has 3 heterocycles. The highest BCUT2D eigenvalue weighted by atomic mass is 32.2. The van der Waals surface area contributed by atoms with E-state index >= 15 is 0 Å². The SMILES string of the molecule is O=c1cc(-c2ccccc2)oc2c(CN3CCN(C4CCS(=O)(=O)C4)CC3)c(O)c(O)c(O)c12. The topological polar surface area (TPSA) is 132 Å². The van der Waals surface area contributed by atoms with E-state index in [-0.39, 0.29) is 46.4 Å². The summed E-state index contributed by atoms with van der Waals surface area (Å²) in [5, 5.41) is 31.2. The lowest BCUT2D eigenvalue weighted by atomic mass is 10.0. The van der Waals surface area contributed by atoms with Crippen molar-refractivity contribution in [2.75, 3.05) is 37.7 Å². The van der Waals surface area contributed by atoms with Gasteiger partial charge in [-0.25, -0.2) is 8.42 Å². The number of benzene rings is 2. The molecule has 2 aliphatic rings. The first-order valence-electron chi connectivity index (χ1n) is 11.2. The molecule has 1 unspecified atom stereocenters. The molecule has 2 aliphatic heterocycles. The van der Waals surface area contributed by atoms with Crippen LogP contribution in [-0.2, 0) is 16.4 Å². The third-order valence-electron chi connectivity index (χ3n) is 6.76. The van der Waals surface area contributed by atoms with E-state index in [1.807, 2.05) is 11.0 Å². The maximum atomic E-state index is 12.9. The third kappa shape index (κ3) is 4.13. The van der Waals surface area contributed by atoms with Crippen LogP contribution in [0.2, 0.25) is 0 Å². The Balaban J connectivity index is 1.46. The lowest BCUT2D eigenvalue weighted by Gasteiger charge is -2.37. The molecule has 34 heavy (non-hydrogen) atoms. The fourth-order valence-corrected chi connectivity index (χ4v) is 6.64. The highest BCUT2D eigenvalue weighted by Gasteiger charge is 2.34. The summed E-state index contributed by atoms with van der Waals surface area (Å²) in [5.74, 6) is -1.28. The summed E-state index contributed by atoms with van der Waals surface area (Å²) in [7, 11) is -2.96. The highest BCUT2D eigenvalue weighted by molar-refractivity contribution is 7.91. The molecule has 2 aromatic carbocycles. The molecule has 0 aliphatic carbocycles. The molecular weight excluding hydrogens is 460 g/mol. The Morgan fingerprint density at radius 1 is 0.971 bits per heavy atom. The van der Waals surface area contributed by atoms with Gasteiger partial charge in [-0.2, -0.15) is 0 Å². The molecule has 2 saturated heterocycles. The van der Waals surface area contributed by atoms with Crippen LogP contribution in [0, 0.1) is 0 Å². The molecule has 3 aromatic rings. The largest absolute Gasteiger partial charge is 0.504 e. The maximum Gasteiger partial charge on any atom is 0.201 e. The fourth-order valence-electron chi connectivity index (χ4n) is 4.88. The molecule has 1 atom stereocenters. The molecule has 0 saturated carbocycles. The Hall–Kier alpha value is -3.08. The van der Waals surface area contributed by atoms with Crippen LogP contribution < -0.4 is 5.43 Å². The van der Waals surface area contributed by atoms with Gasteiger partial charge in [-0.05, 0) is 6.42 Å². The second kappa shape index (κ2) is 8.61. The van der Waals surface area contributed by atoms with E-state index < -0.39 is 32.5 Å². The fraction of sp³-hybridized carbons (Fsp3) is 0.375. The number of fused-ring (bicyclic) bond motifs is 1. The molecule has 3 N–H and O–H groups in total. The summed E-state index contributed by atoms with van der Waals surface area (Å²) < 4.78 is 29.7. The van der Waals surface area contributed by atoms with E-state index in [0.29, 0.717) is 38.2 Å². The molecule has 2 fully saturated rings. The van der Waals surface area contributed by atoms with Gasteiger partial charge in [0.15, 0.2) is 32.3 Å². The van der Waals surface area contributed by atoms with Gasteiger partial charge >= 0.3 is 0 Å². The molecule has 1 aromatic heterocycles. The molecule has 0 bridgehead atoms. The second-order valence-electron chi connectivity index (χ2n) is 8.94. The highest BCUT2D eigenvalue weighted by Crippen LogP contribution is 2.44. The van der Waals surface area contributed by atoms with Gasteiger partial charge < -0.3 is 19.7 Å². The predicted octanol–water partition coefficient (Wildman–Crippen LogP) is 1.88. The van der Waals surface area contributed by atoms with Crippen molar-refractivity contribution in [1.29, 1.82) is 0 Å². The van der Waals surface area contributed by atoms with Crippen molar-refractivity contribution in [2.45, 2.75) is 19.0 Å². The minimum atomic E-state index is -2.96. The van der Waals surface area contributed by atoms with Crippen molar-refractivity contribution in [1.82, 2.24) is 9.80 Å². The number of sulfone groups is 1. The van der Waals surface area contributed by atoms with Gasteiger partial charge in [0.1, 0.15) is 11.1 Å². The molecular formula is C24H26N2O7S. The van der Waals surface area contributed by atoms with Crippen molar-refractivity contribution in [2.24, 2.45) is 0 Å².